The second kappa shape index (κ2) is 11.6. The number of anilines is 1. The lowest BCUT2D eigenvalue weighted by molar-refractivity contribution is -0.135. The Kier molecular flexibility index (Phi) is 8.54. The van der Waals surface area contributed by atoms with Gasteiger partial charge in [-0.2, -0.15) is 0 Å². The number of ether oxygens (including phenoxy) is 1. The number of nitrogens with zero attached hydrogens (tertiary/aromatic N) is 3. The van der Waals surface area contributed by atoms with Gasteiger partial charge >= 0.3 is 6.09 Å². The van der Waals surface area contributed by atoms with Gasteiger partial charge in [-0.25, -0.2) is 4.79 Å². The van der Waals surface area contributed by atoms with Gasteiger partial charge in [0.15, 0.2) is 0 Å². The highest BCUT2D eigenvalue weighted by atomic mass is 16.6. The largest absolute Gasteiger partial charge is 0.444 e. The molecule has 0 spiro atoms. The van der Waals surface area contributed by atoms with Gasteiger partial charge in [-0.1, -0.05) is 31.0 Å². The number of carbonyl (C=O) groups is 3. The van der Waals surface area contributed by atoms with Crippen LogP contribution < -0.4 is 10.2 Å². The predicted molar refractivity (Wildman–Crippen MR) is 140 cm³/mol. The van der Waals surface area contributed by atoms with E-state index in [9.17, 15) is 14.4 Å². The van der Waals surface area contributed by atoms with Crippen LogP contribution >= 0.6 is 0 Å². The number of nitrogens with one attached hydrogen (secondary N) is 1. The Hall–Kier alpha value is -2.61. The van der Waals surface area contributed by atoms with Crippen LogP contribution in [0.2, 0.25) is 0 Å². The zero-order valence-electron chi connectivity index (χ0n) is 22.1. The summed E-state index contributed by atoms with van der Waals surface area (Å²) in [4.78, 5) is 44.8. The molecule has 8 nitrogen and oxygen atoms in total. The van der Waals surface area contributed by atoms with Crippen LogP contribution in [-0.2, 0) is 20.7 Å². The molecule has 0 radical (unpaired) electrons. The van der Waals surface area contributed by atoms with Gasteiger partial charge in [-0.3, -0.25) is 14.5 Å². The first-order chi connectivity index (χ1) is 17.2. The molecule has 2 aliphatic heterocycles. The van der Waals surface area contributed by atoms with E-state index in [0.29, 0.717) is 26.2 Å². The Morgan fingerprint density at radius 2 is 1.67 bits per heavy atom. The first-order valence-corrected chi connectivity index (χ1v) is 13.6. The minimum Gasteiger partial charge on any atom is -0.444 e. The van der Waals surface area contributed by atoms with Crippen LogP contribution in [0.4, 0.5) is 10.5 Å². The second-order valence-electron chi connectivity index (χ2n) is 11.3. The molecule has 3 aliphatic rings. The molecule has 2 unspecified atom stereocenters. The molecular weight excluding hydrogens is 456 g/mol. The Morgan fingerprint density at radius 3 is 2.39 bits per heavy atom. The van der Waals surface area contributed by atoms with Crippen LogP contribution in [0.5, 0.6) is 0 Å². The van der Waals surface area contributed by atoms with Gasteiger partial charge in [0.25, 0.3) is 0 Å². The quantitative estimate of drug-likeness (QED) is 0.608. The smallest absolute Gasteiger partial charge is 0.410 e. The maximum Gasteiger partial charge on any atom is 0.410 e. The van der Waals surface area contributed by atoms with Crippen molar-refractivity contribution < 1.29 is 19.1 Å². The lowest BCUT2D eigenvalue weighted by atomic mass is 9.77. The third kappa shape index (κ3) is 6.58. The summed E-state index contributed by atoms with van der Waals surface area (Å²) < 4.78 is 5.46. The number of rotatable bonds is 6. The minimum absolute atomic E-state index is 0.0234. The van der Waals surface area contributed by atoms with Crippen molar-refractivity contribution in [2.45, 2.75) is 64.9 Å². The second-order valence-corrected chi connectivity index (χ2v) is 11.3. The average Bonchev–Trinajstić information content (AvgIpc) is 3.29. The summed E-state index contributed by atoms with van der Waals surface area (Å²) in [6, 6.07) is 8.11. The molecule has 1 aromatic rings. The van der Waals surface area contributed by atoms with Gasteiger partial charge < -0.3 is 19.9 Å². The summed E-state index contributed by atoms with van der Waals surface area (Å²) in [5, 5.41) is 3.12. The molecule has 8 heteroatoms. The molecule has 2 heterocycles. The summed E-state index contributed by atoms with van der Waals surface area (Å²) in [6.45, 7) is 10.8. The average molecular weight is 499 g/mol. The number of benzene rings is 1. The molecule has 198 valence electrons. The fourth-order valence-corrected chi connectivity index (χ4v) is 5.63. The van der Waals surface area contributed by atoms with Crippen LogP contribution in [0.3, 0.4) is 0 Å². The van der Waals surface area contributed by atoms with Gasteiger partial charge in [0.1, 0.15) is 5.60 Å². The number of piperazine rings is 1. The number of carbonyl (C=O) groups excluding carboxylic acids is 3. The van der Waals surface area contributed by atoms with E-state index in [-0.39, 0.29) is 29.7 Å². The lowest BCUT2D eigenvalue weighted by Crippen LogP contribution is -2.50. The Bertz CT molecular complexity index is 936. The molecule has 36 heavy (non-hydrogen) atoms. The number of fused-ring (bicyclic) bond motifs is 1. The molecule has 3 amide bonds. The maximum atomic E-state index is 13.5. The fourth-order valence-electron chi connectivity index (χ4n) is 5.63. The summed E-state index contributed by atoms with van der Waals surface area (Å²) >= 11 is 0. The molecule has 1 saturated heterocycles. The van der Waals surface area contributed by atoms with Crippen molar-refractivity contribution in [1.29, 1.82) is 0 Å². The van der Waals surface area contributed by atoms with E-state index in [1.807, 2.05) is 43.9 Å². The third-order valence-electron chi connectivity index (χ3n) is 7.55. The van der Waals surface area contributed by atoms with Crippen molar-refractivity contribution in [2.24, 2.45) is 11.8 Å². The minimum atomic E-state index is -0.479. The SMILES string of the molecule is CC(C)(C)OC(=O)N1CCN(CCCNC(=O)C2CCCCC2C(=O)N2CCc3ccccc32)CC1. The third-order valence-corrected chi connectivity index (χ3v) is 7.55. The highest BCUT2D eigenvalue weighted by Crippen LogP contribution is 2.35. The van der Waals surface area contributed by atoms with E-state index in [4.69, 9.17) is 4.74 Å². The zero-order chi connectivity index (χ0) is 25.7. The van der Waals surface area contributed by atoms with Gasteiger partial charge in [-0.15, -0.1) is 0 Å². The molecule has 0 aromatic heterocycles. The molecule has 4 rings (SSSR count). The predicted octanol–water partition coefficient (Wildman–Crippen LogP) is 3.44. The zero-order valence-corrected chi connectivity index (χ0v) is 22.1. The van der Waals surface area contributed by atoms with Crippen molar-refractivity contribution in [3.63, 3.8) is 0 Å². The summed E-state index contributed by atoms with van der Waals surface area (Å²) in [6.07, 6.45) is 5.07. The maximum absolute atomic E-state index is 13.5. The van der Waals surface area contributed by atoms with E-state index < -0.39 is 5.60 Å². The molecule has 1 N–H and O–H groups in total. The van der Waals surface area contributed by atoms with Crippen LogP contribution in [0, 0.1) is 11.8 Å². The Morgan fingerprint density at radius 1 is 0.972 bits per heavy atom. The summed E-state index contributed by atoms with van der Waals surface area (Å²) in [5.74, 6) is -0.333. The Balaban J connectivity index is 1.20. The highest BCUT2D eigenvalue weighted by molar-refractivity contribution is 5.99. The van der Waals surface area contributed by atoms with E-state index in [1.165, 1.54) is 5.56 Å². The Labute approximate surface area is 215 Å². The topological polar surface area (TPSA) is 82.2 Å². The van der Waals surface area contributed by atoms with E-state index >= 15 is 0 Å². The van der Waals surface area contributed by atoms with Gasteiger partial charge in [0.2, 0.25) is 11.8 Å². The summed E-state index contributed by atoms with van der Waals surface area (Å²) in [5.41, 5.74) is 1.75. The van der Waals surface area contributed by atoms with Gasteiger partial charge in [0, 0.05) is 50.9 Å². The molecule has 1 aliphatic carbocycles. The molecule has 0 bridgehead atoms. The van der Waals surface area contributed by atoms with Crippen molar-refractivity contribution in [2.75, 3.05) is 50.7 Å². The number of hydrogen-bond donors (Lipinski definition) is 1. The molecule has 2 atom stereocenters. The van der Waals surface area contributed by atoms with Crippen LogP contribution in [0.15, 0.2) is 24.3 Å². The van der Waals surface area contributed by atoms with Crippen molar-refractivity contribution in [3.8, 4) is 0 Å². The van der Waals surface area contributed by atoms with E-state index in [0.717, 1.165) is 63.8 Å². The monoisotopic (exact) mass is 498 g/mol. The number of para-hydroxylation sites is 1. The van der Waals surface area contributed by atoms with Crippen LogP contribution in [-0.4, -0.2) is 79.1 Å². The first kappa shape index (κ1) is 26.5. The van der Waals surface area contributed by atoms with Crippen LogP contribution in [0.25, 0.3) is 0 Å². The normalized spacial score (nSPS) is 22.8. The molecule has 1 aromatic carbocycles. The van der Waals surface area contributed by atoms with Gasteiger partial charge in [0.05, 0.1) is 5.92 Å². The molecular formula is C28H42N4O4. The van der Waals surface area contributed by atoms with E-state index in [2.05, 4.69) is 16.3 Å². The van der Waals surface area contributed by atoms with E-state index in [1.54, 1.807) is 4.90 Å². The van der Waals surface area contributed by atoms with Crippen LogP contribution in [0.1, 0.15) is 58.4 Å². The number of hydrogen-bond acceptors (Lipinski definition) is 5. The molecule has 2 fully saturated rings. The standard InChI is InChI=1S/C28H42N4O4/c1-28(2,3)36-27(35)31-19-17-30(18-20-31)15-8-14-29-25(33)22-10-5-6-11-23(22)26(34)32-16-13-21-9-4-7-12-24(21)32/h4,7,9,12,22-23H,5-6,8,10-11,13-20H2,1-3H3,(H,29,33). The van der Waals surface area contributed by atoms with Crippen molar-refractivity contribution in [3.05, 3.63) is 29.8 Å². The fraction of sp³-hybridized carbons (Fsp3) is 0.679. The number of amides is 3. The first-order valence-electron chi connectivity index (χ1n) is 13.6. The highest BCUT2D eigenvalue weighted by Gasteiger charge is 2.39. The van der Waals surface area contributed by atoms with Crippen molar-refractivity contribution >= 4 is 23.6 Å². The lowest BCUT2D eigenvalue weighted by Gasteiger charge is -2.35. The molecule has 1 saturated carbocycles. The summed E-state index contributed by atoms with van der Waals surface area (Å²) in [7, 11) is 0. The van der Waals surface area contributed by atoms with Crippen molar-refractivity contribution in [1.82, 2.24) is 15.1 Å². The van der Waals surface area contributed by atoms with Gasteiger partial charge in [-0.05, 0) is 64.6 Å².